The first-order valence-electron chi connectivity index (χ1n) is 10.1. The van der Waals surface area contributed by atoms with E-state index in [2.05, 4.69) is 5.32 Å². The molecule has 1 atom stereocenters. The summed E-state index contributed by atoms with van der Waals surface area (Å²) in [6.45, 7) is 2.46. The van der Waals surface area contributed by atoms with Gasteiger partial charge in [-0.05, 0) is 24.1 Å². The third-order valence-corrected chi connectivity index (χ3v) is 4.78. The normalized spacial score (nSPS) is 16.2. The Morgan fingerprint density at radius 2 is 1.97 bits per heavy atom. The molecular weight excluding hydrogens is 439 g/mol. The molecule has 0 aliphatic carbocycles. The van der Waals surface area contributed by atoms with E-state index in [0.29, 0.717) is 6.07 Å². The minimum Gasteiger partial charge on any atom is -0.370 e. The molecule has 0 radical (unpaired) electrons. The molecule has 7 nitrogen and oxygen atoms in total. The quantitative estimate of drug-likeness (QED) is 0.547. The molecular formula is C20H27F5N4O3. The van der Waals surface area contributed by atoms with E-state index in [4.69, 9.17) is 10.5 Å². The van der Waals surface area contributed by atoms with Crippen LogP contribution < -0.4 is 16.0 Å². The Morgan fingerprint density at radius 3 is 2.50 bits per heavy atom. The molecule has 2 amide bonds. The van der Waals surface area contributed by atoms with Crippen LogP contribution in [0.1, 0.15) is 19.4 Å². The number of nitrogens with zero attached hydrogens (tertiary/aromatic N) is 2. The fourth-order valence-electron chi connectivity index (χ4n) is 3.47. The topological polar surface area (TPSA) is 87.9 Å². The van der Waals surface area contributed by atoms with Crippen molar-refractivity contribution < 1.29 is 36.3 Å². The molecule has 0 unspecified atom stereocenters. The summed E-state index contributed by atoms with van der Waals surface area (Å²) >= 11 is 0. The number of halogens is 5. The van der Waals surface area contributed by atoms with Gasteiger partial charge in [-0.2, -0.15) is 13.2 Å². The van der Waals surface area contributed by atoms with Gasteiger partial charge in [0, 0.05) is 25.3 Å². The summed E-state index contributed by atoms with van der Waals surface area (Å²) in [6.07, 6.45) is -7.51. The molecule has 0 aromatic heterocycles. The molecule has 1 fully saturated rings. The number of nitrogens with one attached hydrogen (secondary N) is 1. The first kappa shape index (κ1) is 25.9. The minimum absolute atomic E-state index is 0.0410. The minimum atomic E-state index is -4.80. The molecule has 1 heterocycles. The molecule has 1 aromatic carbocycles. The van der Waals surface area contributed by atoms with Gasteiger partial charge in [0.15, 0.2) is 0 Å². The molecule has 32 heavy (non-hydrogen) atoms. The maximum absolute atomic E-state index is 13.7. The number of rotatable bonds is 9. The molecule has 2 rings (SSSR count). The van der Waals surface area contributed by atoms with Crippen molar-refractivity contribution in [2.75, 3.05) is 49.6 Å². The van der Waals surface area contributed by atoms with Gasteiger partial charge in [-0.25, -0.2) is 8.78 Å². The number of hydrogen-bond acceptors (Lipinski definition) is 5. The Hall–Kier alpha value is -2.31. The van der Waals surface area contributed by atoms with Crippen molar-refractivity contribution in [3.05, 3.63) is 23.8 Å². The van der Waals surface area contributed by atoms with Crippen LogP contribution in [0.3, 0.4) is 0 Å². The Kier molecular flexibility index (Phi) is 8.93. The van der Waals surface area contributed by atoms with Gasteiger partial charge in [-0.15, -0.1) is 0 Å². The maximum Gasteiger partial charge on any atom is 0.418 e. The summed E-state index contributed by atoms with van der Waals surface area (Å²) in [5, 5.41) is 2.34. The highest BCUT2D eigenvalue weighted by atomic mass is 19.4. The van der Waals surface area contributed by atoms with Crippen LogP contribution in [0.2, 0.25) is 0 Å². The number of alkyl halides is 5. The monoisotopic (exact) mass is 466 g/mol. The summed E-state index contributed by atoms with van der Waals surface area (Å²) in [5.41, 5.74) is 3.99. The average molecular weight is 466 g/mol. The average Bonchev–Trinajstić information content (AvgIpc) is 2.67. The number of benzene rings is 1. The molecule has 1 aromatic rings. The number of nitrogens with two attached hydrogens (primary N) is 1. The Bertz CT molecular complexity index is 794. The van der Waals surface area contributed by atoms with Crippen LogP contribution in [0.5, 0.6) is 0 Å². The third kappa shape index (κ3) is 6.84. The Labute approximate surface area is 182 Å². The largest absolute Gasteiger partial charge is 0.418 e. The SMILES string of the molecule is CC(C)CN(CC(F)F)[C@H](CN)C(=O)Nc1ccc(N2CCOCC2=O)c(C(F)(F)F)c1. The van der Waals surface area contributed by atoms with Crippen molar-refractivity contribution in [1.82, 2.24) is 4.90 Å². The summed E-state index contributed by atoms with van der Waals surface area (Å²) in [7, 11) is 0. The van der Waals surface area contributed by atoms with E-state index >= 15 is 0 Å². The number of carbonyl (C=O) groups excluding carboxylic acids is 2. The molecule has 180 valence electrons. The highest BCUT2D eigenvalue weighted by molar-refractivity contribution is 5.98. The van der Waals surface area contributed by atoms with Gasteiger partial charge in [-0.3, -0.25) is 14.5 Å². The number of ether oxygens (including phenoxy) is 1. The molecule has 1 aliphatic rings. The first-order chi connectivity index (χ1) is 14.9. The fourth-order valence-corrected chi connectivity index (χ4v) is 3.47. The highest BCUT2D eigenvalue weighted by Crippen LogP contribution is 2.38. The molecule has 0 saturated carbocycles. The summed E-state index contributed by atoms with van der Waals surface area (Å²) < 4.78 is 72.0. The second-order valence-corrected chi connectivity index (χ2v) is 7.81. The van der Waals surface area contributed by atoms with Crippen molar-refractivity contribution in [2.45, 2.75) is 32.5 Å². The Morgan fingerprint density at radius 1 is 1.28 bits per heavy atom. The fraction of sp³-hybridized carbons (Fsp3) is 0.600. The van der Waals surface area contributed by atoms with Gasteiger partial charge < -0.3 is 20.7 Å². The first-order valence-corrected chi connectivity index (χ1v) is 10.1. The van der Waals surface area contributed by atoms with Crippen LogP contribution in [0.15, 0.2) is 18.2 Å². The van der Waals surface area contributed by atoms with Gasteiger partial charge >= 0.3 is 6.18 Å². The van der Waals surface area contributed by atoms with Crippen LogP contribution in [-0.2, 0) is 20.5 Å². The van der Waals surface area contributed by atoms with Crippen molar-refractivity contribution in [2.24, 2.45) is 11.7 Å². The van der Waals surface area contributed by atoms with Gasteiger partial charge in [0.25, 0.3) is 12.3 Å². The molecule has 1 saturated heterocycles. The van der Waals surface area contributed by atoms with Crippen molar-refractivity contribution >= 4 is 23.2 Å². The van der Waals surface area contributed by atoms with Crippen molar-refractivity contribution in [3.63, 3.8) is 0 Å². The molecule has 0 spiro atoms. The summed E-state index contributed by atoms with van der Waals surface area (Å²) in [6, 6.07) is 1.87. The lowest BCUT2D eigenvalue weighted by Crippen LogP contribution is -2.51. The van der Waals surface area contributed by atoms with Crippen LogP contribution >= 0.6 is 0 Å². The van der Waals surface area contributed by atoms with Crippen LogP contribution in [0, 0.1) is 5.92 Å². The van der Waals surface area contributed by atoms with Gasteiger partial charge in [0.2, 0.25) is 5.91 Å². The van der Waals surface area contributed by atoms with E-state index in [-0.39, 0.29) is 50.1 Å². The standard InChI is InChI=1S/C20H27F5N4O3/c1-12(2)9-28(10-17(21)22)16(8-26)19(31)27-13-3-4-15(14(7-13)20(23,24)25)29-5-6-32-11-18(29)30/h3-4,7,12,16-17H,5-6,8-11,26H2,1-2H3,(H,27,31)/t16-/m1/s1. The van der Waals surface area contributed by atoms with Gasteiger partial charge in [0.05, 0.1) is 24.4 Å². The molecule has 3 N–H and O–H groups in total. The van der Waals surface area contributed by atoms with Gasteiger partial charge in [-0.1, -0.05) is 13.8 Å². The van der Waals surface area contributed by atoms with Crippen molar-refractivity contribution in [1.29, 1.82) is 0 Å². The smallest absolute Gasteiger partial charge is 0.370 e. The summed E-state index contributed by atoms with van der Waals surface area (Å²) in [4.78, 5) is 26.9. The predicted octanol–water partition coefficient (Wildman–Crippen LogP) is 2.56. The number of hydrogen-bond donors (Lipinski definition) is 2. The third-order valence-electron chi connectivity index (χ3n) is 4.78. The lowest BCUT2D eigenvalue weighted by Gasteiger charge is -2.31. The van der Waals surface area contributed by atoms with E-state index < -0.39 is 42.6 Å². The lowest BCUT2D eigenvalue weighted by molar-refractivity contribution is -0.137. The van der Waals surface area contributed by atoms with E-state index in [1.54, 1.807) is 13.8 Å². The van der Waals surface area contributed by atoms with Crippen LogP contribution in [-0.4, -0.2) is 68.6 Å². The highest BCUT2D eigenvalue weighted by Gasteiger charge is 2.37. The zero-order valence-electron chi connectivity index (χ0n) is 17.8. The van der Waals surface area contributed by atoms with Crippen molar-refractivity contribution in [3.8, 4) is 0 Å². The zero-order chi connectivity index (χ0) is 24.1. The number of amides is 2. The predicted molar refractivity (Wildman–Crippen MR) is 109 cm³/mol. The van der Waals surface area contributed by atoms with Crippen LogP contribution in [0.25, 0.3) is 0 Å². The number of morpholine rings is 1. The van der Waals surface area contributed by atoms with E-state index in [0.717, 1.165) is 11.0 Å². The molecule has 12 heteroatoms. The second-order valence-electron chi connectivity index (χ2n) is 7.81. The van der Waals surface area contributed by atoms with Crippen LogP contribution in [0.4, 0.5) is 33.3 Å². The van der Waals surface area contributed by atoms with E-state index in [1.165, 1.54) is 11.0 Å². The van der Waals surface area contributed by atoms with E-state index in [1.807, 2.05) is 0 Å². The number of anilines is 2. The Balaban J connectivity index is 2.30. The maximum atomic E-state index is 13.7. The summed E-state index contributed by atoms with van der Waals surface area (Å²) in [5.74, 6) is -1.45. The van der Waals surface area contributed by atoms with Gasteiger partial charge in [0.1, 0.15) is 12.6 Å². The zero-order valence-corrected chi connectivity index (χ0v) is 17.8. The number of carbonyl (C=O) groups is 2. The molecule has 0 bridgehead atoms. The lowest BCUT2D eigenvalue weighted by atomic mass is 10.1. The molecule has 1 aliphatic heterocycles. The van der Waals surface area contributed by atoms with E-state index in [9.17, 15) is 31.5 Å². The second kappa shape index (κ2) is 11.0.